The van der Waals surface area contributed by atoms with Gasteiger partial charge in [0.1, 0.15) is 17.6 Å². The lowest BCUT2D eigenvalue weighted by atomic mass is 10.0. The summed E-state index contributed by atoms with van der Waals surface area (Å²) >= 11 is 0. The topological polar surface area (TPSA) is 66.4 Å². The molecular formula is C17H26N4O2. The summed E-state index contributed by atoms with van der Waals surface area (Å²) in [6, 6.07) is 1.26. The van der Waals surface area contributed by atoms with Crippen LogP contribution in [-0.4, -0.2) is 57.8 Å². The first-order valence-electron chi connectivity index (χ1n) is 8.34. The molecule has 1 aliphatic rings. The summed E-state index contributed by atoms with van der Waals surface area (Å²) in [7, 11) is 1.80. The molecule has 0 unspecified atom stereocenters. The monoisotopic (exact) mass is 318 g/mol. The van der Waals surface area contributed by atoms with E-state index in [1.54, 1.807) is 29.1 Å². The second-order valence-electron chi connectivity index (χ2n) is 6.37. The first-order valence-corrected chi connectivity index (χ1v) is 8.34. The van der Waals surface area contributed by atoms with Crippen LogP contribution >= 0.6 is 0 Å². The van der Waals surface area contributed by atoms with Crippen LogP contribution in [0, 0.1) is 0 Å². The number of aromatic nitrogens is 2. The number of hydrogen-bond donors (Lipinski definition) is 0. The van der Waals surface area contributed by atoms with Crippen LogP contribution in [0.1, 0.15) is 62.3 Å². The lowest BCUT2D eigenvalue weighted by Gasteiger charge is -2.39. The third-order valence-corrected chi connectivity index (χ3v) is 4.22. The van der Waals surface area contributed by atoms with Gasteiger partial charge < -0.3 is 9.80 Å². The lowest BCUT2D eigenvalue weighted by molar-refractivity contribution is -0.138. The van der Waals surface area contributed by atoms with Crippen molar-refractivity contribution in [3.8, 4) is 0 Å². The van der Waals surface area contributed by atoms with E-state index < -0.39 is 0 Å². The zero-order valence-electron chi connectivity index (χ0n) is 14.5. The Morgan fingerprint density at radius 2 is 2.13 bits per heavy atom. The van der Waals surface area contributed by atoms with Crippen LogP contribution in [0.3, 0.4) is 0 Å². The van der Waals surface area contributed by atoms with Gasteiger partial charge in [0.25, 0.3) is 5.91 Å². The molecule has 126 valence electrons. The maximum absolute atomic E-state index is 12.9. The van der Waals surface area contributed by atoms with Gasteiger partial charge >= 0.3 is 0 Å². The van der Waals surface area contributed by atoms with Crippen molar-refractivity contribution in [3.63, 3.8) is 0 Å². The molecule has 0 aliphatic carbocycles. The predicted molar refractivity (Wildman–Crippen MR) is 88.1 cm³/mol. The Balaban J connectivity index is 2.24. The van der Waals surface area contributed by atoms with Crippen molar-refractivity contribution in [2.24, 2.45) is 0 Å². The van der Waals surface area contributed by atoms with Crippen molar-refractivity contribution in [2.75, 3.05) is 20.1 Å². The molecule has 6 nitrogen and oxygen atoms in total. The van der Waals surface area contributed by atoms with Gasteiger partial charge in [-0.1, -0.05) is 33.6 Å². The lowest BCUT2D eigenvalue weighted by Crippen LogP contribution is -2.57. The highest BCUT2D eigenvalue weighted by atomic mass is 16.2. The Morgan fingerprint density at radius 3 is 2.78 bits per heavy atom. The molecule has 1 aliphatic heterocycles. The summed E-state index contributed by atoms with van der Waals surface area (Å²) < 4.78 is 0. The van der Waals surface area contributed by atoms with E-state index in [0.717, 1.165) is 12.8 Å². The number of rotatable bonds is 5. The van der Waals surface area contributed by atoms with E-state index in [1.807, 2.05) is 13.8 Å². The number of amides is 2. The van der Waals surface area contributed by atoms with Gasteiger partial charge in [0.15, 0.2) is 0 Å². The van der Waals surface area contributed by atoms with Gasteiger partial charge in [0.05, 0.1) is 0 Å². The fourth-order valence-corrected chi connectivity index (χ4v) is 2.75. The number of unbranched alkanes of at least 4 members (excludes halogenated alkanes) is 1. The average molecular weight is 318 g/mol. The Kier molecular flexibility index (Phi) is 5.69. The highest BCUT2D eigenvalue weighted by Crippen LogP contribution is 2.19. The first kappa shape index (κ1) is 17.4. The van der Waals surface area contributed by atoms with Crippen LogP contribution in [0.15, 0.2) is 12.3 Å². The molecule has 0 radical (unpaired) electrons. The van der Waals surface area contributed by atoms with Crippen molar-refractivity contribution in [1.29, 1.82) is 0 Å². The van der Waals surface area contributed by atoms with Gasteiger partial charge in [-0.3, -0.25) is 9.59 Å². The molecule has 1 saturated heterocycles. The summed E-state index contributed by atoms with van der Waals surface area (Å²) in [5.74, 6) is 0.669. The molecule has 2 rings (SSSR count). The van der Waals surface area contributed by atoms with E-state index in [4.69, 9.17) is 0 Å². The van der Waals surface area contributed by atoms with Crippen molar-refractivity contribution < 1.29 is 9.59 Å². The van der Waals surface area contributed by atoms with Crippen molar-refractivity contribution >= 4 is 11.8 Å². The number of likely N-dealkylation sites (N-methyl/N-ethyl adjacent to an activating group) is 1. The standard InChI is InChI=1S/C17H26N4O2/c1-5-6-7-14-17(23)20(4)10-11-21(14)16(22)13-8-9-18-15(19-13)12(2)3/h8-9,12,14H,5-7,10-11H2,1-4H3/t14-/m1/s1. The molecule has 1 aromatic heterocycles. The molecule has 6 heteroatoms. The quantitative estimate of drug-likeness (QED) is 0.833. The van der Waals surface area contributed by atoms with Gasteiger partial charge in [-0.2, -0.15) is 0 Å². The fraction of sp³-hybridized carbons (Fsp3) is 0.647. The number of carbonyl (C=O) groups excluding carboxylic acids is 2. The molecular weight excluding hydrogens is 292 g/mol. The van der Waals surface area contributed by atoms with E-state index in [-0.39, 0.29) is 23.8 Å². The summed E-state index contributed by atoms with van der Waals surface area (Å²) in [4.78, 5) is 37.3. The third kappa shape index (κ3) is 3.86. The van der Waals surface area contributed by atoms with E-state index in [9.17, 15) is 9.59 Å². The van der Waals surface area contributed by atoms with Gasteiger partial charge in [-0.05, 0) is 12.5 Å². The summed E-state index contributed by atoms with van der Waals surface area (Å²) in [6.45, 7) is 7.19. The fourth-order valence-electron chi connectivity index (χ4n) is 2.75. The summed E-state index contributed by atoms with van der Waals surface area (Å²) in [5, 5.41) is 0. The number of carbonyl (C=O) groups is 2. The molecule has 23 heavy (non-hydrogen) atoms. The maximum atomic E-state index is 12.9. The number of nitrogens with zero attached hydrogens (tertiary/aromatic N) is 4. The highest BCUT2D eigenvalue weighted by Gasteiger charge is 2.36. The first-order chi connectivity index (χ1) is 11.0. The van der Waals surface area contributed by atoms with E-state index in [2.05, 4.69) is 16.9 Å². The van der Waals surface area contributed by atoms with Crippen LogP contribution in [0.25, 0.3) is 0 Å². The third-order valence-electron chi connectivity index (χ3n) is 4.22. The molecule has 2 heterocycles. The Labute approximate surface area is 137 Å². The van der Waals surface area contributed by atoms with Crippen LogP contribution in [0.2, 0.25) is 0 Å². The average Bonchev–Trinajstić information content (AvgIpc) is 2.55. The van der Waals surface area contributed by atoms with Gasteiger partial charge in [0.2, 0.25) is 5.91 Å². The Hall–Kier alpha value is -1.98. The molecule has 0 spiro atoms. The molecule has 0 aromatic carbocycles. The number of hydrogen-bond acceptors (Lipinski definition) is 4. The second-order valence-corrected chi connectivity index (χ2v) is 6.37. The Morgan fingerprint density at radius 1 is 1.39 bits per heavy atom. The minimum absolute atomic E-state index is 0.0242. The van der Waals surface area contributed by atoms with E-state index in [0.29, 0.717) is 31.0 Å². The summed E-state index contributed by atoms with van der Waals surface area (Å²) in [5.41, 5.74) is 0.377. The zero-order chi connectivity index (χ0) is 17.0. The van der Waals surface area contributed by atoms with Crippen molar-refractivity contribution in [3.05, 3.63) is 23.8 Å². The molecule has 2 amide bonds. The normalized spacial score (nSPS) is 18.7. The smallest absolute Gasteiger partial charge is 0.273 e. The molecule has 0 bridgehead atoms. The maximum Gasteiger partial charge on any atom is 0.273 e. The van der Waals surface area contributed by atoms with E-state index in [1.165, 1.54) is 0 Å². The van der Waals surface area contributed by atoms with Crippen molar-refractivity contribution in [2.45, 2.75) is 52.0 Å². The SMILES string of the molecule is CCCC[C@@H]1C(=O)N(C)CCN1C(=O)c1ccnc(C(C)C)n1. The number of piperazine rings is 1. The van der Waals surface area contributed by atoms with Crippen LogP contribution in [0.4, 0.5) is 0 Å². The van der Waals surface area contributed by atoms with E-state index >= 15 is 0 Å². The molecule has 1 atom stereocenters. The van der Waals surface area contributed by atoms with Gasteiger partial charge in [-0.25, -0.2) is 9.97 Å². The molecule has 1 aromatic rings. The second kappa shape index (κ2) is 7.53. The molecule has 0 N–H and O–H groups in total. The van der Waals surface area contributed by atoms with Crippen LogP contribution in [-0.2, 0) is 4.79 Å². The molecule has 1 fully saturated rings. The van der Waals surface area contributed by atoms with Crippen LogP contribution in [0.5, 0.6) is 0 Å². The zero-order valence-corrected chi connectivity index (χ0v) is 14.5. The minimum Gasteiger partial charge on any atom is -0.342 e. The molecule has 0 saturated carbocycles. The van der Waals surface area contributed by atoms with Crippen LogP contribution < -0.4 is 0 Å². The predicted octanol–water partition coefficient (Wildman–Crippen LogP) is 2.07. The van der Waals surface area contributed by atoms with Gasteiger partial charge in [0, 0.05) is 32.3 Å². The Bertz CT molecular complexity index is 573. The largest absolute Gasteiger partial charge is 0.342 e. The van der Waals surface area contributed by atoms with Crippen molar-refractivity contribution in [1.82, 2.24) is 19.8 Å². The van der Waals surface area contributed by atoms with Gasteiger partial charge in [-0.15, -0.1) is 0 Å². The highest BCUT2D eigenvalue weighted by molar-refractivity contribution is 5.96. The summed E-state index contributed by atoms with van der Waals surface area (Å²) in [6.07, 6.45) is 4.25. The minimum atomic E-state index is -0.376.